The number of H-pyrrole nitrogens is 1. The highest BCUT2D eigenvalue weighted by atomic mass is 35.5. The van der Waals surface area contributed by atoms with Gasteiger partial charge in [-0.2, -0.15) is 5.10 Å². The molecule has 1 fully saturated rings. The van der Waals surface area contributed by atoms with Crippen LogP contribution in [0.2, 0.25) is 5.02 Å². The van der Waals surface area contributed by atoms with Crippen molar-refractivity contribution in [1.29, 1.82) is 0 Å². The number of carbonyl (C=O) groups excluding carboxylic acids is 1. The van der Waals surface area contributed by atoms with Crippen molar-refractivity contribution in [3.63, 3.8) is 0 Å². The van der Waals surface area contributed by atoms with Crippen molar-refractivity contribution >= 4 is 23.2 Å². The number of aromatic amines is 1. The molecule has 4 rings (SSSR count). The van der Waals surface area contributed by atoms with Gasteiger partial charge in [0.05, 0.1) is 10.7 Å². The minimum Gasteiger partial charge on any atom is -0.370 e. The zero-order valence-electron chi connectivity index (χ0n) is 15.2. The van der Waals surface area contributed by atoms with E-state index in [-0.39, 0.29) is 11.7 Å². The molecule has 1 N–H and O–H groups in total. The third kappa shape index (κ3) is 3.87. The molecule has 0 spiro atoms. The maximum absolute atomic E-state index is 13.2. The highest BCUT2D eigenvalue weighted by molar-refractivity contribution is 6.33. The number of hydrogen-bond donors (Lipinski definition) is 1. The van der Waals surface area contributed by atoms with E-state index in [1.807, 2.05) is 23.1 Å². The van der Waals surface area contributed by atoms with E-state index in [0.717, 1.165) is 24.2 Å². The molecule has 1 saturated heterocycles. The third-order valence-corrected chi connectivity index (χ3v) is 5.26. The Kier molecular flexibility index (Phi) is 5.30. The molecule has 0 atom stereocenters. The van der Waals surface area contributed by atoms with Gasteiger partial charge in [-0.3, -0.25) is 9.89 Å². The number of benzene rings is 2. The second-order valence-corrected chi connectivity index (χ2v) is 7.16. The van der Waals surface area contributed by atoms with Crippen molar-refractivity contribution in [2.45, 2.75) is 6.42 Å². The number of anilines is 1. The van der Waals surface area contributed by atoms with Crippen LogP contribution in [0.1, 0.15) is 16.9 Å². The van der Waals surface area contributed by atoms with E-state index >= 15 is 0 Å². The Hall–Kier alpha value is -2.86. The number of rotatable bonds is 3. The fourth-order valence-electron chi connectivity index (χ4n) is 3.44. The van der Waals surface area contributed by atoms with Gasteiger partial charge >= 0.3 is 0 Å². The molecule has 7 heteroatoms. The molecule has 5 nitrogen and oxygen atoms in total. The van der Waals surface area contributed by atoms with Crippen molar-refractivity contribution in [3.05, 3.63) is 71.1 Å². The first-order valence-electron chi connectivity index (χ1n) is 9.22. The molecule has 0 saturated carbocycles. The first kappa shape index (κ1) is 18.5. The minimum atomic E-state index is -0.246. The zero-order valence-corrected chi connectivity index (χ0v) is 16.0. The monoisotopic (exact) mass is 398 g/mol. The van der Waals surface area contributed by atoms with Crippen LogP contribution >= 0.6 is 11.6 Å². The molecule has 0 bridgehead atoms. The normalized spacial score (nSPS) is 14.8. The van der Waals surface area contributed by atoms with Gasteiger partial charge in [-0.05, 0) is 42.8 Å². The van der Waals surface area contributed by atoms with E-state index < -0.39 is 0 Å². The van der Waals surface area contributed by atoms with Crippen LogP contribution in [0.3, 0.4) is 0 Å². The molecule has 2 heterocycles. The maximum atomic E-state index is 13.2. The topological polar surface area (TPSA) is 52.2 Å². The van der Waals surface area contributed by atoms with Crippen LogP contribution in [0.15, 0.2) is 54.6 Å². The quantitative estimate of drug-likeness (QED) is 0.718. The molecular formula is C21H20ClFN4O. The molecule has 0 unspecified atom stereocenters. The summed E-state index contributed by atoms with van der Waals surface area (Å²) in [4.78, 5) is 16.9. The van der Waals surface area contributed by atoms with Crippen LogP contribution in [-0.2, 0) is 0 Å². The average molecular weight is 399 g/mol. The van der Waals surface area contributed by atoms with E-state index in [9.17, 15) is 9.18 Å². The SMILES string of the molecule is O=C(c1cc(-c2ccccc2Cl)n[nH]1)N1CCCN(c2ccc(F)cc2)CC1. The standard InChI is InChI=1S/C21H20ClFN4O/c22-18-5-2-1-4-17(18)19-14-20(25-24-19)21(28)27-11-3-10-26(12-13-27)16-8-6-15(23)7-9-16/h1-2,4-9,14H,3,10-13H2,(H,24,25). The van der Waals surface area contributed by atoms with Crippen LogP contribution in [0.5, 0.6) is 0 Å². The van der Waals surface area contributed by atoms with Crippen molar-refractivity contribution in [1.82, 2.24) is 15.1 Å². The first-order valence-corrected chi connectivity index (χ1v) is 9.60. The number of hydrogen-bond acceptors (Lipinski definition) is 3. The molecule has 0 radical (unpaired) electrons. The molecule has 1 amide bonds. The Morgan fingerprint density at radius 3 is 2.61 bits per heavy atom. The van der Waals surface area contributed by atoms with Gasteiger partial charge in [-0.1, -0.05) is 29.8 Å². The lowest BCUT2D eigenvalue weighted by molar-refractivity contribution is 0.0761. The highest BCUT2D eigenvalue weighted by Gasteiger charge is 2.22. The van der Waals surface area contributed by atoms with E-state index in [2.05, 4.69) is 15.1 Å². The highest BCUT2D eigenvalue weighted by Crippen LogP contribution is 2.26. The Labute approximate surface area is 167 Å². The number of nitrogens with one attached hydrogen (secondary N) is 1. The Morgan fingerprint density at radius 1 is 1.04 bits per heavy atom. The van der Waals surface area contributed by atoms with Gasteiger partial charge in [0.2, 0.25) is 0 Å². The van der Waals surface area contributed by atoms with E-state index in [1.54, 1.807) is 24.3 Å². The van der Waals surface area contributed by atoms with Gasteiger partial charge in [0.15, 0.2) is 0 Å². The zero-order chi connectivity index (χ0) is 19.5. The van der Waals surface area contributed by atoms with Crippen molar-refractivity contribution < 1.29 is 9.18 Å². The lowest BCUT2D eigenvalue weighted by Gasteiger charge is -2.23. The summed E-state index contributed by atoms with van der Waals surface area (Å²) < 4.78 is 13.2. The van der Waals surface area contributed by atoms with E-state index in [1.165, 1.54) is 12.1 Å². The molecule has 0 aliphatic carbocycles. The molecule has 28 heavy (non-hydrogen) atoms. The second kappa shape index (κ2) is 8.02. The second-order valence-electron chi connectivity index (χ2n) is 6.76. The summed E-state index contributed by atoms with van der Waals surface area (Å²) in [6, 6.07) is 15.6. The van der Waals surface area contributed by atoms with Crippen LogP contribution < -0.4 is 4.90 Å². The smallest absolute Gasteiger partial charge is 0.271 e. The number of aromatic nitrogens is 2. The van der Waals surface area contributed by atoms with Gasteiger partial charge in [-0.15, -0.1) is 0 Å². The van der Waals surface area contributed by atoms with Gasteiger partial charge in [0.25, 0.3) is 5.91 Å². The summed E-state index contributed by atoms with van der Waals surface area (Å²) in [5, 5.41) is 7.69. The lowest BCUT2D eigenvalue weighted by atomic mass is 10.1. The van der Waals surface area contributed by atoms with E-state index in [4.69, 9.17) is 11.6 Å². The van der Waals surface area contributed by atoms with Gasteiger partial charge < -0.3 is 9.80 Å². The molecule has 2 aromatic carbocycles. The summed E-state index contributed by atoms with van der Waals surface area (Å²) in [5.41, 5.74) is 2.86. The molecule has 1 aliphatic heterocycles. The third-order valence-electron chi connectivity index (χ3n) is 4.93. The van der Waals surface area contributed by atoms with Crippen molar-refractivity contribution in [2.24, 2.45) is 0 Å². The predicted octanol–water partition coefficient (Wildman–Crippen LogP) is 4.22. The van der Waals surface area contributed by atoms with Crippen LogP contribution in [0, 0.1) is 5.82 Å². The minimum absolute atomic E-state index is 0.0771. The lowest BCUT2D eigenvalue weighted by Crippen LogP contribution is -2.35. The van der Waals surface area contributed by atoms with Gasteiger partial charge in [0, 0.05) is 37.4 Å². The average Bonchev–Trinajstić information content (AvgIpc) is 3.06. The number of halogens is 2. The van der Waals surface area contributed by atoms with E-state index in [0.29, 0.717) is 36.0 Å². The van der Waals surface area contributed by atoms with Crippen LogP contribution in [0.4, 0.5) is 10.1 Å². The summed E-state index contributed by atoms with van der Waals surface area (Å²) >= 11 is 6.22. The number of amides is 1. The van der Waals surface area contributed by atoms with Crippen LogP contribution in [-0.4, -0.2) is 47.2 Å². The largest absolute Gasteiger partial charge is 0.370 e. The number of carbonyl (C=O) groups is 1. The number of nitrogens with zero attached hydrogens (tertiary/aromatic N) is 3. The molecule has 1 aromatic heterocycles. The fraction of sp³-hybridized carbons (Fsp3) is 0.238. The van der Waals surface area contributed by atoms with Crippen molar-refractivity contribution in [3.8, 4) is 11.3 Å². The summed E-state index contributed by atoms with van der Waals surface area (Å²) in [6.45, 7) is 2.78. The predicted molar refractivity (Wildman–Crippen MR) is 108 cm³/mol. The van der Waals surface area contributed by atoms with Crippen molar-refractivity contribution in [2.75, 3.05) is 31.1 Å². The van der Waals surface area contributed by atoms with Gasteiger partial charge in [0.1, 0.15) is 11.5 Å². The Bertz CT molecular complexity index is 973. The summed E-state index contributed by atoms with van der Waals surface area (Å²) in [6.07, 6.45) is 0.842. The maximum Gasteiger partial charge on any atom is 0.271 e. The Morgan fingerprint density at radius 2 is 1.82 bits per heavy atom. The molecule has 1 aliphatic rings. The molecular weight excluding hydrogens is 379 g/mol. The van der Waals surface area contributed by atoms with Gasteiger partial charge in [-0.25, -0.2) is 4.39 Å². The fourth-order valence-corrected chi connectivity index (χ4v) is 3.67. The Balaban J connectivity index is 1.46. The molecule has 144 valence electrons. The summed E-state index contributed by atoms with van der Waals surface area (Å²) in [5.74, 6) is -0.323. The van der Waals surface area contributed by atoms with Crippen LogP contribution in [0.25, 0.3) is 11.3 Å². The summed E-state index contributed by atoms with van der Waals surface area (Å²) in [7, 11) is 0. The first-order chi connectivity index (χ1) is 13.6. The molecule has 3 aromatic rings.